The SMILES string of the molecule is Cc1ccc2cc(CN3CCN(c4nccnc4C#N)CC3)c(=O)[nH]c2c1. The maximum Gasteiger partial charge on any atom is 0.252 e. The van der Waals surface area contributed by atoms with Gasteiger partial charge in [-0.15, -0.1) is 0 Å². The summed E-state index contributed by atoms with van der Waals surface area (Å²) in [6.45, 7) is 5.72. The molecule has 0 spiro atoms. The van der Waals surface area contributed by atoms with Gasteiger partial charge in [0.05, 0.1) is 0 Å². The molecule has 1 aliphatic heterocycles. The van der Waals surface area contributed by atoms with Crippen molar-refractivity contribution in [1.82, 2.24) is 19.9 Å². The average molecular weight is 360 g/mol. The van der Waals surface area contributed by atoms with Gasteiger partial charge in [-0.25, -0.2) is 9.97 Å². The first-order valence-corrected chi connectivity index (χ1v) is 8.95. The van der Waals surface area contributed by atoms with E-state index < -0.39 is 0 Å². The molecule has 1 aliphatic rings. The Hall–Kier alpha value is -3.24. The van der Waals surface area contributed by atoms with Crippen LogP contribution in [0.2, 0.25) is 0 Å². The van der Waals surface area contributed by atoms with E-state index in [-0.39, 0.29) is 5.56 Å². The van der Waals surface area contributed by atoms with E-state index in [4.69, 9.17) is 0 Å². The van der Waals surface area contributed by atoms with Gasteiger partial charge in [0.2, 0.25) is 0 Å². The Labute approximate surface area is 156 Å². The number of hydrogen-bond donors (Lipinski definition) is 1. The Balaban J connectivity index is 1.47. The lowest BCUT2D eigenvalue weighted by molar-refractivity contribution is 0.248. The highest BCUT2D eigenvalue weighted by Crippen LogP contribution is 2.18. The first-order valence-electron chi connectivity index (χ1n) is 8.95. The van der Waals surface area contributed by atoms with E-state index in [1.807, 2.05) is 25.1 Å². The summed E-state index contributed by atoms with van der Waals surface area (Å²) in [5.74, 6) is 0.638. The Kier molecular flexibility index (Phi) is 4.57. The van der Waals surface area contributed by atoms with Crippen molar-refractivity contribution >= 4 is 16.7 Å². The molecule has 1 aromatic carbocycles. The molecular weight excluding hydrogens is 340 g/mol. The molecule has 3 heterocycles. The van der Waals surface area contributed by atoms with Crippen molar-refractivity contribution in [3.63, 3.8) is 0 Å². The van der Waals surface area contributed by atoms with Crippen LogP contribution in [0.15, 0.2) is 41.5 Å². The molecule has 7 nitrogen and oxygen atoms in total. The maximum atomic E-state index is 12.4. The molecule has 1 saturated heterocycles. The van der Waals surface area contributed by atoms with Crippen LogP contribution < -0.4 is 10.5 Å². The number of hydrogen-bond acceptors (Lipinski definition) is 6. The standard InChI is InChI=1S/C20H20N6O/c1-14-2-3-15-11-16(20(27)24-17(15)10-14)13-25-6-8-26(9-7-25)19-18(12-21)22-4-5-23-19/h2-5,10-11H,6-9,13H2,1H3,(H,24,27). The highest BCUT2D eigenvalue weighted by atomic mass is 16.1. The molecule has 0 bridgehead atoms. The summed E-state index contributed by atoms with van der Waals surface area (Å²) in [5.41, 5.74) is 3.10. The van der Waals surface area contributed by atoms with Gasteiger partial charge in [-0.3, -0.25) is 9.69 Å². The number of rotatable bonds is 3. The summed E-state index contributed by atoms with van der Waals surface area (Å²) < 4.78 is 0. The largest absolute Gasteiger partial charge is 0.352 e. The predicted octanol–water partition coefficient (Wildman–Crippen LogP) is 1.82. The van der Waals surface area contributed by atoms with Crippen molar-refractivity contribution in [3.05, 3.63) is 63.8 Å². The molecule has 136 valence electrons. The number of benzene rings is 1. The fourth-order valence-electron chi connectivity index (χ4n) is 3.48. The number of nitrogens with zero attached hydrogens (tertiary/aromatic N) is 5. The van der Waals surface area contributed by atoms with Crippen LogP contribution in [-0.4, -0.2) is 46.0 Å². The summed E-state index contributed by atoms with van der Waals surface area (Å²) in [7, 11) is 0. The van der Waals surface area contributed by atoms with Crippen LogP contribution in [0.25, 0.3) is 10.9 Å². The molecule has 27 heavy (non-hydrogen) atoms. The van der Waals surface area contributed by atoms with Gasteiger partial charge in [-0.2, -0.15) is 5.26 Å². The van der Waals surface area contributed by atoms with Crippen molar-refractivity contribution in [1.29, 1.82) is 5.26 Å². The molecule has 1 N–H and O–H groups in total. The van der Waals surface area contributed by atoms with Gasteiger partial charge in [0.1, 0.15) is 6.07 Å². The monoisotopic (exact) mass is 360 g/mol. The van der Waals surface area contributed by atoms with Crippen molar-refractivity contribution in [2.45, 2.75) is 13.5 Å². The van der Waals surface area contributed by atoms with E-state index in [0.29, 0.717) is 18.1 Å². The molecule has 0 radical (unpaired) electrons. The lowest BCUT2D eigenvalue weighted by Gasteiger charge is -2.35. The molecule has 0 saturated carbocycles. The Morgan fingerprint density at radius 2 is 1.93 bits per heavy atom. The van der Waals surface area contributed by atoms with Gasteiger partial charge in [0.25, 0.3) is 5.56 Å². The second-order valence-electron chi connectivity index (χ2n) is 6.82. The summed E-state index contributed by atoms with van der Waals surface area (Å²) in [6, 6.07) is 10.2. The zero-order valence-electron chi connectivity index (χ0n) is 15.1. The van der Waals surface area contributed by atoms with Gasteiger partial charge in [-0.1, -0.05) is 12.1 Å². The maximum absolute atomic E-state index is 12.4. The number of aromatic nitrogens is 3. The first-order chi connectivity index (χ1) is 13.1. The Morgan fingerprint density at radius 3 is 2.70 bits per heavy atom. The second-order valence-corrected chi connectivity index (χ2v) is 6.82. The van der Waals surface area contributed by atoms with Crippen LogP contribution in [0.5, 0.6) is 0 Å². The van der Waals surface area contributed by atoms with Gasteiger partial charge in [0.15, 0.2) is 11.5 Å². The molecule has 3 aromatic rings. The van der Waals surface area contributed by atoms with Crippen molar-refractivity contribution in [2.24, 2.45) is 0 Å². The lowest BCUT2D eigenvalue weighted by atomic mass is 10.1. The Bertz CT molecular complexity index is 1080. The number of nitrogens with one attached hydrogen (secondary N) is 1. The molecule has 2 aromatic heterocycles. The van der Waals surface area contributed by atoms with E-state index in [2.05, 4.69) is 36.9 Å². The van der Waals surface area contributed by atoms with E-state index in [1.54, 1.807) is 6.20 Å². The number of fused-ring (bicyclic) bond motifs is 1. The number of pyridine rings is 1. The lowest BCUT2D eigenvalue weighted by Crippen LogP contribution is -2.47. The average Bonchev–Trinajstić information content (AvgIpc) is 2.69. The van der Waals surface area contributed by atoms with Crippen LogP contribution in [0, 0.1) is 18.3 Å². The number of anilines is 1. The second kappa shape index (κ2) is 7.17. The number of piperazine rings is 1. The summed E-state index contributed by atoms with van der Waals surface area (Å²) >= 11 is 0. The minimum atomic E-state index is -0.0313. The number of H-pyrrole nitrogens is 1. The van der Waals surface area contributed by atoms with E-state index in [1.165, 1.54) is 6.20 Å². The van der Waals surface area contributed by atoms with E-state index >= 15 is 0 Å². The highest BCUT2D eigenvalue weighted by molar-refractivity contribution is 5.79. The van der Waals surface area contributed by atoms with Gasteiger partial charge >= 0.3 is 0 Å². The van der Waals surface area contributed by atoms with Crippen molar-refractivity contribution in [3.8, 4) is 6.07 Å². The Morgan fingerprint density at radius 1 is 1.15 bits per heavy atom. The zero-order valence-corrected chi connectivity index (χ0v) is 15.1. The summed E-state index contributed by atoms with van der Waals surface area (Å²) in [5, 5.41) is 10.3. The minimum absolute atomic E-state index is 0.0313. The smallest absolute Gasteiger partial charge is 0.252 e. The van der Waals surface area contributed by atoms with Crippen molar-refractivity contribution in [2.75, 3.05) is 31.1 Å². The van der Waals surface area contributed by atoms with Crippen molar-refractivity contribution < 1.29 is 0 Å². The normalized spacial score (nSPS) is 15.0. The molecular formula is C20H20N6O. The van der Waals surface area contributed by atoms with Gasteiger partial charge in [0, 0.05) is 56.2 Å². The predicted molar refractivity (Wildman–Crippen MR) is 104 cm³/mol. The molecule has 0 aliphatic carbocycles. The fraction of sp³-hybridized carbons (Fsp3) is 0.300. The molecule has 4 rings (SSSR count). The summed E-state index contributed by atoms with van der Waals surface area (Å²) in [6.07, 6.45) is 3.14. The third-order valence-corrected chi connectivity index (χ3v) is 4.93. The molecule has 0 amide bonds. The highest BCUT2D eigenvalue weighted by Gasteiger charge is 2.21. The molecule has 0 atom stereocenters. The van der Waals surface area contributed by atoms with Gasteiger partial charge < -0.3 is 9.88 Å². The third kappa shape index (κ3) is 3.52. The molecule has 1 fully saturated rings. The first kappa shape index (κ1) is 17.2. The van der Waals surface area contributed by atoms with Crippen LogP contribution >= 0.6 is 0 Å². The topological polar surface area (TPSA) is 88.9 Å². The zero-order chi connectivity index (χ0) is 18.8. The van der Waals surface area contributed by atoms with Crippen LogP contribution in [0.3, 0.4) is 0 Å². The third-order valence-electron chi connectivity index (χ3n) is 4.93. The van der Waals surface area contributed by atoms with Crippen LogP contribution in [0.1, 0.15) is 16.8 Å². The van der Waals surface area contributed by atoms with Crippen LogP contribution in [-0.2, 0) is 6.54 Å². The van der Waals surface area contributed by atoms with E-state index in [0.717, 1.165) is 48.2 Å². The fourth-order valence-corrected chi connectivity index (χ4v) is 3.48. The minimum Gasteiger partial charge on any atom is -0.352 e. The summed E-state index contributed by atoms with van der Waals surface area (Å²) in [4.78, 5) is 28.2. The van der Waals surface area contributed by atoms with Crippen LogP contribution in [0.4, 0.5) is 5.82 Å². The van der Waals surface area contributed by atoms with Gasteiger partial charge in [-0.05, 0) is 30.0 Å². The van der Waals surface area contributed by atoms with E-state index in [9.17, 15) is 10.1 Å². The molecule has 7 heteroatoms. The number of nitriles is 1. The number of aryl methyl sites for hydroxylation is 1. The number of aromatic amines is 1. The molecule has 0 unspecified atom stereocenters. The quantitative estimate of drug-likeness (QED) is 0.766.